The second-order valence-corrected chi connectivity index (χ2v) is 4.75. The zero-order chi connectivity index (χ0) is 13.5. The predicted octanol–water partition coefficient (Wildman–Crippen LogP) is 1.57. The molecule has 1 N–H and O–H groups in total. The molecule has 0 aliphatic carbocycles. The minimum atomic E-state index is -0.0611. The first-order chi connectivity index (χ1) is 9.29. The Hall–Kier alpha value is -2.09. The van der Waals surface area contributed by atoms with Crippen LogP contribution in [-0.4, -0.2) is 35.5 Å². The summed E-state index contributed by atoms with van der Waals surface area (Å²) in [5.74, 6) is -0.0142. The molecular weight excluding hydrogens is 240 g/mol. The van der Waals surface area contributed by atoms with E-state index in [2.05, 4.69) is 16.4 Å². The Bertz CT molecular complexity index is 454. The van der Waals surface area contributed by atoms with Crippen molar-refractivity contribution in [2.45, 2.75) is 19.3 Å². The number of carbonyl (C=O) groups is 1. The average Bonchev–Trinajstić information content (AvgIpc) is 2.48. The summed E-state index contributed by atoms with van der Waals surface area (Å²) in [6.45, 7) is 1.91. The Balaban J connectivity index is 1.74. The molecule has 1 fully saturated rings. The van der Waals surface area contributed by atoms with Crippen LogP contribution in [0.4, 0.5) is 4.79 Å². The number of piperidine rings is 1. The Labute approximate surface area is 113 Å². The van der Waals surface area contributed by atoms with Crippen LogP contribution in [0.15, 0.2) is 24.5 Å². The summed E-state index contributed by atoms with van der Waals surface area (Å²) in [4.78, 5) is 17.6. The number of hydrogen-bond acceptors (Lipinski definition) is 3. The van der Waals surface area contributed by atoms with E-state index < -0.39 is 0 Å². The fraction of sp³-hybridized carbons (Fsp3) is 0.500. The molecule has 2 amide bonds. The Morgan fingerprint density at radius 1 is 1.53 bits per heavy atom. The molecule has 2 rings (SSSR count). The Morgan fingerprint density at radius 3 is 3.05 bits per heavy atom. The van der Waals surface area contributed by atoms with Gasteiger partial charge in [-0.3, -0.25) is 4.98 Å². The molecule has 1 aliphatic heterocycles. The van der Waals surface area contributed by atoms with Crippen LogP contribution in [0.25, 0.3) is 0 Å². The van der Waals surface area contributed by atoms with Gasteiger partial charge in [0.05, 0.1) is 12.0 Å². The minimum Gasteiger partial charge on any atom is -0.338 e. The normalized spacial score (nSPS) is 18.7. The number of carbonyl (C=O) groups excluding carboxylic acids is 1. The van der Waals surface area contributed by atoms with Crippen LogP contribution in [0.1, 0.15) is 18.4 Å². The van der Waals surface area contributed by atoms with Crippen molar-refractivity contribution in [3.05, 3.63) is 30.1 Å². The van der Waals surface area contributed by atoms with Gasteiger partial charge in [-0.05, 0) is 37.0 Å². The molecular formula is C14H18N4O. The third kappa shape index (κ3) is 3.95. The number of urea groups is 1. The van der Waals surface area contributed by atoms with E-state index in [1.54, 1.807) is 17.3 Å². The van der Waals surface area contributed by atoms with Gasteiger partial charge in [0.15, 0.2) is 0 Å². The van der Waals surface area contributed by atoms with Gasteiger partial charge in [0.25, 0.3) is 0 Å². The molecule has 5 nitrogen and oxygen atoms in total. The van der Waals surface area contributed by atoms with Crippen molar-refractivity contribution in [1.29, 1.82) is 5.26 Å². The number of pyridine rings is 1. The van der Waals surface area contributed by atoms with Crippen LogP contribution in [0.5, 0.6) is 0 Å². The summed E-state index contributed by atoms with van der Waals surface area (Å²) < 4.78 is 0. The predicted molar refractivity (Wildman–Crippen MR) is 71.2 cm³/mol. The number of aromatic nitrogens is 1. The topological polar surface area (TPSA) is 69.0 Å². The first-order valence-electron chi connectivity index (χ1n) is 6.61. The molecule has 1 aliphatic rings. The summed E-state index contributed by atoms with van der Waals surface area (Å²) in [6.07, 6.45) is 6.11. The monoisotopic (exact) mass is 258 g/mol. The maximum atomic E-state index is 11.9. The van der Waals surface area contributed by atoms with E-state index >= 15 is 0 Å². The van der Waals surface area contributed by atoms with Crippen LogP contribution in [0.2, 0.25) is 0 Å². The van der Waals surface area contributed by atoms with E-state index in [1.165, 1.54) is 0 Å². The number of nitriles is 1. The lowest BCUT2D eigenvalue weighted by Crippen LogP contribution is -2.45. The maximum absolute atomic E-state index is 11.9. The van der Waals surface area contributed by atoms with Crippen LogP contribution in [0, 0.1) is 17.2 Å². The highest BCUT2D eigenvalue weighted by Gasteiger charge is 2.22. The second-order valence-electron chi connectivity index (χ2n) is 4.75. The molecule has 1 aromatic heterocycles. The highest BCUT2D eigenvalue weighted by Crippen LogP contribution is 2.15. The number of nitrogens with one attached hydrogen (secondary N) is 1. The number of hydrogen-bond donors (Lipinski definition) is 1. The third-order valence-electron chi connectivity index (χ3n) is 3.33. The van der Waals surface area contributed by atoms with Crippen molar-refractivity contribution in [2.75, 3.05) is 19.6 Å². The molecule has 0 aromatic carbocycles. The van der Waals surface area contributed by atoms with Crippen LogP contribution in [-0.2, 0) is 6.42 Å². The van der Waals surface area contributed by atoms with Gasteiger partial charge in [-0.2, -0.15) is 5.26 Å². The van der Waals surface area contributed by atoms with Crippen LogP contribution < -0.4 is 5.32 Å². The maximum Gasteiger partial charge on any atom is 0.317 e. The Morgan fingerprint density at radius 2 is 2.32 bits per heavy atom. The minimum absolute atomic E-state index is 0.0142. The summed E-state index contributed by atoms with van der Waals surface area (Å²) >= 11 is 0. The molecule has 0 saturated carbocycles. The van der Waals surface area contributed by atoms with E-state index in [9.17, 15) is 4.79 Å². The molecule has 2 heterocycles. The summed E-state index contributed by atoms with van der Waals surface area (Å²) in [6, 6.07) is 6.07. The van der Waals surface area contributed by atoms with E-state index in [1.807, 2.05) is 12.1 Å². The van der Waals surface area contributed by atoms with Gasteiger partial charge < -0.3 is 10.2 Å². The summed E-state index contributed by atoms with van der Waals surface area (Å²) in [5.41, 5.74) is 1.16. The average molecular weight is 258 g/mol. The molecule has 0 bridgehead atoms. The van der Waals surface area contributed by atoms with Gasteiger partial charge in [-0.1, -0.05) is 0 Å². The summed E-state index contributed by atoms with van der Waals surface area (Å²) in [5, 5.41) is 11.8. The standard InChI is InChI=1S/C14H18N4O/c15-10-13-2-1-9-18(11-13)14(19)17-8-5-12-3-6-16-7-4-12/h3-4,6-7,13H,1-2,5,8-9,11H2,(H,17,19)/t13-/m0/s1. The van der Waals surface area contributed by atoms with Crippen molar-refractivity contribution in [2.24, 2.45) is 5.92 Å². The van der Waals surface area contributed by atoms with Gasteiger partial charge in [-0.15, -0.1) is 0 Å². The van der Waals surface area contributed by atoms with Gasteiger partial charge in [-0.25, -0.2) is 4.79 Å². The molecule has 0 radical (unpaired) electrons. The number of amides is 2. The van der Waals surface area contributed by atoms with Crippen LogP contribution >= 0.6 is 0 Å². The molecule has 1 atom stereocenters. The lowest BCUT2D eigenvalue weighted by atomic mass is 10.0. The molecule has 1 aromatic rings. The molecule has 19 heavy (non-hydrogen) atoms. The number of nitrogens with zero attached hydrogens (tertiary/aromatic N) is 3. The largest absolute Gasteiger partial charge is 0.338 e. The van der Waals surface area contributed by atoms with Gasteiger partial charge in [0, 0.05) is 32.0 Å². The first-order valence-corrected chi connectivity index (χ1v) is 6.61. The molecule has 1 saturated heterocycles. The quantitative estimate of drug-likeness (QED) is 0.894. The zero-order valence-electron chi connectivity index (χ0n) is 10.9. The third-order valence-corrected chi connectivity index (χ3v) is 3.33. The van der Waals surface area contributed by atoms with Crippen LogP contribution in [0.3, 0.4) is 0 Å². The fourth-order valence-corrected chi connectivity index (χ4v) is 2.24. The van der Waals surface area contributed by atoms with E-state index in [0.717, 1.165) is 31.4 Å². The highest BCUT2D eigenvalue weighted by molar-refractivity contribution is 5.74. The van der Waals surface area contributed by atoms with Crippen molar-refractivity contribution in [1.82, 2.24) is 15.2 Å². The smallest absolute Gasteiger partial charge is 0.317 e. The zero-order valence-corrected chi connectivity index (χ0v) is 10.9. The van der Waals surface area contributed by atoms with Crippen molar-refractivity contribution in [3.63, 3.8) is 0 Å². The molecule has 5 heteroatoms. The first kappa shape index (κ1) is 13.3. The van der Waals surface area contributed by atoms with Crippen molar-refractivity contribution >= 4 is 6.03 Å². The SMILES string of the molecule is N#C[C@@H]1CCCN(C(=O)NCCc2ccncc2)C1. The van der Waals surface area contributed by atoms with E-state index in [4.69, 9.17) is 5.26 Å². The van der Waals surface area contributed by atoms with Gasteiger partial charge in [0.1, 0.15) is 0 Å². The highest BCUT2D eigenvalue weighted by atomic mass is 16.2. The number of likely N-dealkylation sites (tertiary alicyclic amines) is 1. The van der Waals surface area contributed by atoms with Gasteiger partial charge in [0.2, 0.25) is 0 Å². The molecule has 100 valence electrons. The fourth-order valence-electron chi connectivity index (χ4n) is 2.24. The number of rotatable bonds is 3. The molecule has 0 spiro atoms. The van der Waals surface area contributed by atoms with E-state index in [-0.39, 0.29) is 11.9 Å². The second kappa shape index (κ2) is 6.74. The lowest BCUT2D eigenvalue weighted by molar-refractivity contribution is 0.176. The van der Waals surface area contributed by atoms with Crippen molar-refractivity contribution < 1.29 is 4.79 Å². The lowest BCUT2D eigenvalue weighted by Gasteiger charge is -2.29. The summed E-state index contributed by atoms with van der Waals surface area (Å²) in [7, 11) is 0. The molecule has 0 unspecified atom stereocenters. The van der Waals surface area contributed by atoms with Crippen molar-refractivity contribution in [3.8, 4) is 6.07 Å². The van der Waals surface area contributed by atoms with Gasteiger partial charge >= 0.3 is 6.03 Å². The Kier molecular flexibility index (Phi) is 4.73. The van der Waals surface area contributed by atoms with E-state index in [0.29, 0.717) is 13.1 Å².